The molecule has 0 saturated heterocycles. The molecule has 54 heavy (non-hydrogen) atoms. The first-order chi connectivity index (χ1) is 26.8. The molecular weight excluding hydrogens is 649 g/mol. The highest BCUT2D eigenvalue weighted by molar-refractivity contribution is 6.27. The Morgan fingerprint density at radius 2 is 0.389 bits per heavy atom. The van der Waals surface area contributed by atoms with Crippen molar-refractivity contribution in [1.29, 1.82) is 0 Å². The second-order valence-corrected chi connectivity index (χ2v) is 14.4. The lowest BCUT2D eigenvalue weighted by molar-refractivity contribution is 1.56. The molecule has 0 nitrogen and oxygen atoms in total. The maximum atomic E-state index is 2.44. The van der Waals surface area contributed by atoms with Gasteiger partial charge in [-0.3, -0.25) is 0 Å². The van der Waals surface area contributed by atoms with Crippen LogP contribution in [-0.4, -0.2) is 0 Å². The Kier molecular flexibility index (Phi) is 6.97. The molecule has 11 aromatic rings. The molecule has 0 heteroatoms. The quantitative estimate of drug-likeness (QED) is 0.162. The molecule has 0 unspecified atom stereocenters. The molecule has 0 bridgehead atoms. The van der Waals surface area contributed by atoms with Gasteiger partial charge in [0.25, 0.3) is 0 Å². The maximum absolute atomic E-state index is 2.44. The number of fused-ring (bicyclic) bond motifs is 12. The minimum absolute atomic E-state index is 1.20. The van der Waals surface area contributed by atoms with E-state index in [-0.39, 0.29) is 0 Å². The largest absolute Gasteiger partial charge is 0.0622 e. The normalized spacial score (nSPS) is 11.7. The van der Waals surface area contributed by atoms with Gasteiger partial charge in [0.05, 0.1) is 0 Å². The zero-order valence-electron chi connectivity index (χ0n) is 29.6. The van der Waals surface area contributed by atoms with Crippen LogP contribution >= 0.6 is 0 Å². The molecule has 0 aromatic heterocycles. The summed E-state index contributed by atoms with van der Waals surface area (Å²) in [4.78, 5) is 0. The molecule has 0 aliphatic carbocycles. The Hall–Kier alpha value is -7.02. The van der Waals surface area contributed by atoms with E-state index >= 15 is 0 Å². The molecular formula is C54H34. The van der Waals surface area contributed by atoms with Crippen molar-refractivity contribution in [3.63, 3.8) is 0 Å². The topological polar surface area (TPSA) is 0 Å². The van der Waals surface area contributed by atoms with Gasteiger partial charge in [0.1, 0.15) is 0 Å². The molecule has 11 rings (SSSR count). The minimum atomic E-state index is 1.20. The van der Waals surface area contributed by atoms with Crippen molar-refractivity contribution in [1.82, 2.24) is 0 Å². The third-order valence-corrected chi connectivity index (χ3v) is 11.4. The van der Waals surface area contributed by atoms with E-state index in [9.17, 15) is 0 Å². The lowest BCUT2D eigenvalue weighted by Gasteiger charge is -2.20. The molecule has 0 aliphatic heterocycles. The van der Waals surface area contributed by atoms with Crippen LogP contribution in [0.4, 0.5) is 0 Å². The molecule has 0 N–H and O–H groups in total. The Labute approximate surface area is 314 Å². The highest BCUT2D eigenvalue weighted by Gasteiger charge is 2.19. The summed E-state index contributed by atoms with van der Waals surface area (Å²) in [6, 6.07) is 76.2. The van der Waals surface area contributed by atoms with Crippen LogP contribution in [0, 0.1) is 0 Å². The second-order valence-electron chi connectivity index (χ2n) is 14.4. The fourth-order valence-electron chi connectivity index (χ4n) is 8.94. The van der Waals surface area contributed by atoms with Crippen molar-refractivity contribution in [2.24, 2.45) is 0 Å². The second kappa shape index (κ2) is 12.3. The van der Waals surface area contributed by atoms with Crippen LogP contribution in [0.2, 0.25) is 0 Å². The summed E-state index contributed by atoms with van der Waals surface area (Å²) < 4.78 is 0. The van der Waals surface area contributed by atoms with Gasteiger partial charge in [-0.1, -0.05) is 182 Å². The summed E-state index contributed by atoms with van der Waals surface area (Å²) in [6.45, 7) is 0. The smallest absolute Gasteiger partial charge is 0.00928 e. The predicted molar refractivity (Wildman–Crippen MR) is 233 cm³/mol. The van der Waals surface area contributed by atoms with Crippen molar-refractivity contribution < 1.29 is 0 Å². The lowest BCUT2D eigenvalue weighted by Crippen LogP contribution is -1.93. The lowest BCUT2D eigenvalue weighted by atomic mass is 9.84. The van der Waals surface area contributed by atoms with E-state index in [1.54, 1.807) is 0 Å². The molecule has 0 spiro atoms. The Morgan fingerprint density at radius 3 is 0.704 bits per heavy atom. The highest BCUT2D eigenvalue weighted by atomic mass is 14.2. The van der Waals surface area contributed by atoms with E-state index in [0.29, 0.717) is 0 Å². The van der Waals surface area contributed by atoms with Crippen LogP contribution in [-0.2, 0) is 0 Å². The standard InChI is InChI=1S/C54H34/c1-3-15-35(16-4-1)49-33-52(38-28-30-48-44-24-10-8-20-40(44)42-22-12-14-26-46(42)54(48)32-38)50(36-17-5-2-6-18-36)34-51(49)37-27-29-47-43-23-9-7-19-39(43)41-21-11-13-25-45(41)53(47)31-37/h1-34H. The first-order valence-corrected chi connectivity index (χ1v) is 18.8. The summed E-state index contributed by atoms with van der Waals surface area (Å²) in [7, 11) is 0. The van der Waals surface area contributed by atoms with E-state index in [4.69, 9.17) is 0 Å². The Morgan fingerprint density at radius 1 is 0.148 bits per heavy atom. The molecule has 0 radical (unpaired) electrons. The fraction of sp³-hybridized carbons (Fsp3) is 0. The van der Waals surface area contributed by atoms with Crippen molar-refractivity contribution >= 4 is 64.6 Å². The minimum Gasteiger partial charge on any atom is -0.0622 e. The van der Waals surface area contributed by atoms with Crippen LogP contribution in [0.3, 0.4) is 0 Å². The molecule has 0 atom stereocenters. The van der Waals surface area contributed by atoms with E-state index in [1.807, 2.05) is 0 Å². The van der Waals surface area contributed by atoms with Crippen molar-refractivity contribution in [2.45, 2.75) is 0 Å². The third-order valence-electron chi connectivity index (χ3n) is 11.4. The van der Waals surface area contributed by atoms with Gasteiger partial charge in [-0.05, 0) is 133 Å². The van der Waals surface area contributed by atoms with Gasteiger partial charge >= 0.3 is 0 Å². The van der Waals surface area contributed by atoms with Gasteiger partial charge in [-0.2, -0.15) is 0 Å². The summed E-state index contributed by atoms with van der Waals surface area (Å²) >= 11 is 0. The summed E-state index contributed by atoms with van der Waals surface area (Å²) in [5, 5.41) is 15.4. The summed E-state index contributed by atoms with van der Waals surface area (Å²) in [6.07, 6.45) is 0. The molecule has 0 fully saturated rings. The molecule has 0 aliphatic rings. The van der Waals surface area contributed by atoms with Crippen LogP contribution < -0.4 is 0 Å². The summed E-state index contributed by atoms with van der Waals surface area (Å²) in [5.74, 6) is 0. The zero-order valence-corrected chi connectivity index (χ0v) is 29.6. The van der Waals surface area contributed by atoms with Gasteiger partial charge in [0, 0.05) is 0 Å². The van der Waals surface area contributed by atoms with Crippen molar-refractivity contribution in [3.05, 3.63) is 206 Å². The first-order valence-electron chi connectivity index (χ1n) is 18.8. The van der Waals surface area contributed by atoms with Crippen LogP contribution in [0.5, 0.6) is 0 Å². The molecule has 250 valence electrons. The fourth-order valence-corrected chi connectivity index (χ4v) is 8.94. The Bertz CT molecular complexity index is 2950. The molecule has 0 heterocycles. The number of hydrogen-bond donors (Lipinski definition) is 0. The van der Waals surface area contributed by atoms with Crippen LogP contribution in [0.1, 0.15) is 0 Å². The maximum Gasteiger partial charge on any atom is -0.00928 e. The van der Waals surface area contributed by atoms with Crippen LogP contribution in [0.25, 0.3) is 109 Å². The number of hydrogen-bond acceptors (Lipinski definition) is 0. The molecule has 11 aromatic carbocycles. The number of benzene rings is 11. The van der Waals surface area contributed by atoms with Gasteiger partial charge in [0.15, 0.2) is 0 Å². The van der Waals surface area contributed by atoms with E-state index < -0.39 is 0 Å². The third kappa shape index (κ3) is 4.78. The van der Waals surface area contributed by atoms with E-state index in [2.05, 4.69) is 206 Å². The predicted octanol–water partition coefficient (Wildman–Crippen LogP) is 15.3. The van der Waals surface area contributed by atoms with E-state index in [0.717, 1.165) is 0 Å². The highest BCUT2D eigenvalue weighted by Crippen LogP contribution is 2.45. The van der Waals surface area contributed by atoms with Crippen LogP contribution in [0.15, 0.2) is 206 Å². The summed E-state index contributed by atoms with van der Waals surface area (Å²) in [5.41, 5.74) is 9.71. The molecule has 0 saturated carbocycles. The van der Waals surface area contributed by atoms with E-state index in [1.165, 1.54) is 109 Å². The molecule has 0 amide bonds. The van der Waals surface area contributed by atoms with Gasteiger partial charge in [-0.25, -0.2) is 0 Å². The average Bonchev–Trinajstić information content (AvgIpc) is 3.26. The Balaban J connectivity index is 1.22. The van der Waals surface area contributed by atoms with Crippen molar-refractivity contribution in [3.8, 4) is 44.5 Å². The SMILES string of the molecule is c1ccc(-c2cc(-c3ccc4c5ccccc5c5ccccc5c4c3)c(-c3ccccc3)cc2-c2ccc3c4ccccc4c4ccccc4c3c2)cc1. The first kappa shape index (κ1) is 30.6. The van der Waals surface area contributed by atoms with Crippen molar-refractivity contribution in [2.75, 3.05) is 0 Å². The monoisotopic (exact) mass is 682 g/mol. The zero-order chi connectivity index (χ0) is 35.6. The van der Waals surface area contributed by atoms with Gasteiger partial charge in [0.2, 0.25) is 0 Å². The van der Waals surface area contributed by atoms with Gasteiger partial charge in [-0.15, -0.1) is 0 Å². The van der Waals surface area contributed by atoms with Gasteiger partial charge < -0.3 is 0 Å². The average molecular weight is 683 g/mol. The number of rotatable bonds is 4.